The number of amides is 3. The molecule has 3 fully saturated rings. The first kappa shape index (κ1) is 27.0. The number of fused-ring (bicyclic) bond motifs is 1. The molecule has 6 rings (SSSR count). The predicted octanol–water partition coefficient (Wildman–Crippen LogP) is 4.88. The van der Waals surface area contributed by atoms with Crippen molar-refractivity contribution in [1.82, 2.24) is 10.2 Å². The number of rotatable bonds is 6. The van der Waals surface area contributed by atoms with Crippen LogP contribution in [0, 0.1) is 30.6 Å². The van der Waals surface area contributed by atoms with E-state index in [2.05, 4.69) is 24.5 Å². The van der Waals surface area contributed by atoms with Crippen molar-refractivity contribution in [3.8, 4) is 0 Å². The number of hydrogen-bond acceptors (Lipinski definition) is 4. The van der Waals surface area contributed by atoms with Gasteiger partial charge in [-0.05, 0) is 60.6 Å². The van der Waals surface area contributed by atoms with Gasteiger partial charge in [-0.25, -0.2) is 0 Å². The fraction of sp³-hybridized carbons (Fsp3) is 0.469. The Labute approximate surface area is 240 Å². The van der Waals surface area contributed by atoms with Crippen LogP contribution in [0.3, 0.4) is 0 Å². The van der Waals surface area contributed by atoms with Crippen LogP contribution >= 0.6 is 11.6 Å². The van der Waals surface area contributed by atoms with Gasteiger partial charge in [0.2, 0.25) is 17.7 Å². The SMILES string of the molecule is Cc1cccc(NC(=O)[C@@H]2[C@@H]3C=C[C@]4(O3)[C@@H]2C(=O)N(Cc2ccc(Cl)cc2)[C@H]4C(=O)N[C@@H]2CCC[C@H](C)[C@H]2C)c1. The molecule has 8 atom stereocenters. The summed E-state index contributed by atoms with van der Waals surface area (Å²) in [4.78, 5) is 43.6. The highest BCUT2D eigenvalue weighted by Crippen LogP contribution is 2.55. The van der Waals surface area contributed by atoms with Crippen LogP contribution in [0.5, 0.6) is 0 Å². The first-order chi connectivity index (χ1) is 19.2. The quantitative estimate of drug-likeness (QED) is 0.492. The second-order valence-corrected chi connectivity index (χ2v) is 12.5. The molecule has 7 nitrogen and oxygen atoms in total. The Kier molecular flexibility index (Phi) is 6.99. The van der Waals surface area contributed by atoms with Crippen molar-refractivity contribution >= 4 is 35.0 Å². The topological polar surface area (TPSA) is 87.7 Å². The van der Waals surface area contributed by atoms with E-state index in [1.807, 2.05) is 55.5 Å². The lowest BCUT2D eigenvalue weighted by Gasteiger charge is -2.38. The molecule has 2 bridgehead atoms. The summed E-state index contributed by atoms with van der Waals surface area (Å²) >= 11 is 6.11. The lowest BCUT2D eigenvalue weighted by Crippen LogP contribution is -2.57. The van der Waals surface area contributed by atoms with Crippen molar-refractivity contribution in [1.29, 1.82) is 0 Å². The molecule has 2 N–H and O–H groups in total. The highest BCUT2D eigenvalue weighted by molar-refractivity contribution is 6.30. The lowest BCUT2D eigenvalue weighted by molar-refractivity contribution is -0.142. The van der Waals surface area contributed by atoms with E-state index in [1.54, 1.807) is 17.0 Å². The largest absolute Gasteiger partial charge is 0.359 e. The number of nitrogens with zero attached hydrogens (tertiary/aromatic N) is 1. The van der Waals surface area contributed by atoms with Crippen LogP contribution in [0.4, 0.5) is 5.69 Å². The molecule has 0 unspecified atom stereocenters. The number of nitrogens with one attached hydrogen (secondary N) is 2. The highest BCUT2D eigenvalue weighted by Gasteiger charge is 2.72. The Morgan fingerprint density at radius 2 is 1.88 bits per heavy atom. The van der Waals surface area contributed by atoms with E-state index in [0.717, 1.165) is 30.4 Å². The van der Waals surface area contributed by atoms with Crippen LogP contribution in [-0.2, 0) is 25.7 Å². The lowest BCUT2D eigenvalue weighted by atomic mass is 9.73. The second kappa shape index (κ2) is 10.3. The zero-order valence-electron chi connectivity index (χ0n) is 23.1. The van der Waals surface area contributed by atoms with Gasteiger partial charge in [0.1, 0.15) is 11.6 Å². The van der Waals surface area contributed by atoms with E-state index in [0.29, 0.717) is 22.5 Å². The fourth-order valence-electron chi connectivity index (χ4n) is 7.22. The van der Waals surface area contributed by atoms with Crippen LogP contribution in [0.25, 0.3) is 0 Å². The van der Waals surface area contributed by atoms with Gasteiger partial charge in [0.25, 0.3) is 0 Å². The molecule has 2 aromatic rings. The number of hydrogen-bond donors (Lipinski definition) is 2. The summed E-state index contributed by atoms with van der Waals surface area (Å²) < 4.78 is 6.49. The first-order valence-corrected chi connectivity index (χ1v) is 14.7. The zero-order valence-corrected chi connectivity index (χ0v) is 23.9. The molecule has 1 aliphatic carbocycles. The minimum absolute atomic E-state index is 0.0298. The standard InChI is InChI=1S/C32H36ClN3O4/c1-18-6-4-8-23(16-18)34-29(37)26-25-14-15-32(40-25)27(26)31(39)36(17-21-10-12-22(33)13-11-21)28(32)30(38)35-24-9-5-7-19(2)20(24)3/h4,6,8,10-16,19-20,24-28H,5,7,9,17H2,1-3H3,(H,34,37)(H,35,38)/t19-,20+,24+,25-,26+,27-,28-,32-/m0/s1. The number of carbonyl (C=O) groups is 3. The fourth-order valence-corrected chi connectivity index (χ4v) is 7.35. The Morgan fingerprint density at radius 1 is 1.10 bits per heavy atom. The summed E-state index contributed by atoms with van der Waals surface area (Å²) in [6.45, 7) is 6.59. The number of benzene rings is 2. The van der Waals surface area contributed by atoms with Gasteiger partial charge in [-0.1, -0.05) is 74.7 Å². The minimum atomic E-state index is -1.20. The molecule has 2 saturated heterocycles. The number of halogens is 1. The molecule has 210 valence electrons. The Morgan fingerprint density at radius 3 is 2.62 bits per heavy atom. The van der Waals surface area contributed by atoms with Crippen molar-refractivity contribution in [2.75, 3.05) is 5.32 Å². The van der Waals surface area contributed by atoms with Crippen molar-refractivity contribution in [2.45, 2.75) is 70.4 Å². The van der Waals surface area contributed by atoms with Crippen LogP contribution in [-0.4, -0.2) is 46.4 Å². The van der Waals surface area contributed by atoms with Gasteiger partial charge in [-0.3, -0.25) is 14.4 Å². The molecule has 1 saturated carbocycles. The van der Waals surface area contributed by atoms with E-state index in [-0.39, 0.29) is 30.3 Å². The predicted molar refractivity (Wildman–Crippen MR) is 153 cm³/mol. The molecule has 3 heterocycles. The molecular formula is C32H36ClN3O4. The normalized spacial score (nSPS) is 34.1. The molecule has 0 radical (unpaired) electrons. The summed E-state index contributed by atoms with van der Waals surface area (Å²) in [5.74, 6) is -1.43. The van der Waals surface area contributed by atoms with E-state index >= 15 is 0 Å². The first-order valence-electron chi connectivity index (χ1n) is 14.3. The number of carbonyl (C=O) groups excluding carboxylic acids is 3. The highest BCUT2D eigenvalue weighted by atomic mass is 35.5. The Hall–Kier alpha value is -3.16. The molecule has 3 amide bonds. The van der Waals surface area contributed by atoms with Gasteiger partial charge in [-0.2, -0.15) is 0 Å². The molecule has 2 aromatic carbocycles. The summed E-state index contributed by atoms with van der Waals surface area (Å²) in [6.07, 6.45) is 6.25. The molecule has 40 heavy (non-hydrogen) atoms. The molecule has 1 spiro atoms. The summed E-state index contributed by atoms with van der Waals surface area (Å²) in [6, 6.07) is 14.0. The molecule has 0 aromatic heterocycles. The van der Waals surface area contributed by atoms with Gasteiger partial charge in [0.05, 0.1) is 17.9 Å². The van der Waals surface area contributed by atoms with Crippen molar-refractivity contribution in [2.24, 2.45) is 23.7 Å². The maximum atomic E-state index is 14.2. The van der Waals surface area contributed by atoms with Gasteiger partial charge >= 0.3 is 0 Å². The van der Waals surface area contributed by atoms with Gasteiger partial charge in [0, 0.05) is 23.3 Å². The van der Waals surface area contributed by atoms with E-state index in [4.69, 9.17) is 16.3 Å². The van der Waals surface area contributed by atoms with Crippen molar-refractivity contribution in [3.05, 3.63) is 76.8 Å². The van der Waals surface area contributed by atoms with E-state index in [1.165, 1.54) is 0 Å². The maximum Gasteiger partial charge on any atom is 0.246 e. The summed E-state index contributed by atoms with van der Waals surface area (Å²) in [7, 11) is 0. The van der Waals surface area contributed by atoms with E-state index < -0.39 is 29.6 Å². The smallest absolute Gasteiger partial charge is 0.246 e. The molecule has 8 heteroatoms. The Balaban J connectivity index is 1.33. The number of ether oxygens (including phenoxy) is 1. The van der Waals surface area contributed by atoms with Crippen molar-refractivity contribution < 1.29 is 19.1 Å². The second-order valence-electron chi connectivity index (χ2n) is 12.0. The zero-order chi connectivity index (χ0) is 28.2. The third-order valence-corrected chi connectivity index (χ3v) is 9.76. The number of likely N-dealkylation sites (tertiary alicyclic amines) is 1. The summed E-state index contributed by atoms with van der Waals surface area (Å²) in [5, 5.41) is 6.89. The number of aryl methyl sites for hydroxylation is 1. The van der Waals surface area contributed by atoms with Gasteiger partial charge in [0.15, 0.2) is 0 Å². The number of anilines is 1. The maximum absolute atomic E-state index is 14.2. The van der Waals surface area contributed by atoms with Gasteiger partial charge < -0.3 is 20.3 Å². The molecular weight excluding hydrogens is 526 g/mol. The average molecular weight is 562 g/mol. The third kappa shape index (κ3) is 4.53. The van der Waals surface area contributed by atoms with Crippen molar-refractivity contribution in [3.63, 3.8) is 0 Å². The van der Waals surface area contributed by atoms with Crippen LogP contribution < -0.4 is 10.6 Å². The third-order valence-electron chi connectivity index (χ3n) is 9.51. The van der Waals surface area contributed by atoms with E-state index in [9.17, 15) is 14.4 Å². The van der Waals surface area contributed by atoms with Crippen LogP contribution in [0.15, 0.2) is 60.7 Å². The van der Waals surface area contributed by atoms with Crippen LogP contribution in [0.2, 0.25) is 5.02 Å². The molecule has 4 aliphatic rings. The average Bonchev–Trinajstić information content (AvgIpc) is 3.55. The van der Waals surface area contributed by atoms with Crippen LogP contribution in [0.1, 0.15) is 44.2 Å². The minimum Gasteiger partial charge on any atom is -0.359 e. The Bertz CT molecular complexity index is 1360. The monoisotopic (exact) mass is 561 g/mol. The summed E-state index contributed by atoms with van der Waals surface area (Å²) in [5.41, 5.74) is 1.35. The molecule has 3 aliphatic heterocycles. The van der Waals surface area contributed by atoms with Gasteiger partial charge in [-0.15, -0.1) is 0 Å².